The van der Waals surface area contributed by atoms with E-state index in [-0.39, 0.29) is 60.2 Å². The summed E-state index contributed by atoms with van der Waals surface area (Å²) >= 11 is 0. The van der Waals surface area contributed by atoms with Crippen LogP contribution in [0.15, 0.2) is 46.7 Å². The van der Waals surface area contributed by atoms with Gasteiger partial charge in [0.05, 0.1) is 36.4 Å². The van der Waals surface area contributed by atoms with Crippen LogP contribution in [0.3, 0.4) is 0 Å². The van der Waals surface area contributed by atoms with E-state index < -0.39 is 53.8 Å². The summed E-state index contributed by atoms with van der Waals surface area (Å²) in [7, 11) is 3.19. The van der Waals surface area contributed by atoms with Crippen molar-refractivity contribution < 1.29 is 42.9 Å². The van der Waals surface area contributed by atoms with E-state index in [9.17, 15) is 29.2 Å². The van der Waals surface area contributed by atoms with Gasteiger partial charge in [-0.3, -0.25) is 38.7 Å². The molecule has 5 heterocycles. The molecule has 5 aliphatic heterocycles. The van der Waals surface area contributed by atoms with Crippen molar-refractivity contribution >= 4 is 29.4 Å². The summed E-state index contributed by atoms with van der Waals surface area (Å²) in [5.74, 6) is -1.23. The van der Waals surface area contributed by atoms with Crippen LogP contribution in [0.1, 0.15) is 63.7 Å². The molecule has 1 fully saturated rings. The molecule has 6 aliphatic rings. The Labute approximate surface area is 281 Å². The van der Waals surface area contributed by atoms with Crippen LogP contribution in [-0.2, 0) is 25.5 Å². The first-order valence-electron chi connectivity index (χ1n) is 16.0. The van der Waals surface area contributed by atoms with E-state index in [1.54, 1.807) is 38.1 Å². The summed E-state index contributed by atoms with van der Waals surface area (Å²) in [4.78, 5) is 73.2. The number of fused-ring (bicyclic) bond motifs is 9. The molecule has 250 valence electrons. The lowest BCUT2D eigenvalue weighted by molar-refractivity contribution is -0.132. The van der Waals surface area contributed by atoms with E-state index >= 15 is 0 Å². The molecule has 5 atom stereocenters. The molecule has 1 unspecified atom stereocenters. The maximum absolute atomic E-state index is 14.1. The molecule has 0 spiro atoms. The van der Waals surface area contributed by atoms with Gasteiger partial charge in [-0.15, -0.1) is 0 Å². The Hall–Kier alpha value is -5.32. The third-order valence-electron chi connectivity index (χ3n) is 10.9. The van der Waals surface area contributed by atoms with E-state index in [0.717, 1.165) is 0 Å². The van der Waals surface area contributed by atoms with Crippen molar-refractivity contribution in [1.29, 1.82) is 5.26 Å². The second-order valence-electron chi connectivity index (χ2n) is 13.2. The average molecular weight is 665 g/mol. The van der Waals surface area contributed by atoms with Gasteiger partial charge in [0, 0.05) is 59.0 Å². The van der Waals surface area contributed by atoms with Crippen molar-refractivity contribution in [1.82, 2.24) is 14.7 Å². The molecule has 49 heavy (non-hydrogen) atoms. The number of hydrogen-bond donors (Lipinski definition) is 0. The smallest absolute Gasteiger partial charge is 0.308 e. The molecule has 2 aromatic carbocycles. The summed E-state index contributed by atoms with van der Waals surface area (Å²) in [6.07, 6.45) is 0.316. The van der Waals surface area contributed by atoms with E-state index in [1.807, 2.05) is 16.8 Å². The molecule has 13 heteroatoms. The van der Waals surface area contributed by atoms with Crippen LogP contribution in [0.25, 0.3) is 0 Å². The third-order valence-corrected chi connectivity index (χ3v) is 10.9. The number of nitriles is 1. The SMILES string of the molecule is COC1=C(C)C(=O)C2=C(C1=O)[C@@H]1[C@@H]3Cc4c(OC(C)=O)c(C)c5c(c4[C@H](CN4C(=O)c6ccccc6C4=O)N3[C@@H](C#N)C(C2)N1C)OCO5. The van der Waals surface area contributed by atoms with Gasteiger partial charge in [-0.05, 0) is 45.9 Å². The number of carbonyl (C=O) groups excluding carboxylic acids is 5. The maximum atomic E-state index is 14.1. The number of methoxy groups -OCH3 is 1. The van der Waals surface area contributed by atoms with Gasteiger partial charge in [0.1, 0.15) is 11.8 Å². The van der Waals surface area contributed by atoms with Crippen LogP contribution in [-0.4, -0.2) is 95.7 Å². The topological polar surface area (TPSA) is 156 Å². The number of ether oxygens (including phenoxy) is 4. The molecule has 2 aromatic rings. The molecular formula is C36H32N4O9. The Morgan fingerprint density at radius 3 is 2.31 bits per heavy atom. The number of piperazine rings is 1. The number of ketones is 2. The third kappa shape index (κ3) is 4.07. The van der Waals surface area contributed by atoms with E-state index in [0.29, 0.717) is 39.3 Å². The van der Waals surface area contributed by atoms with Crippen LogP contribution in [0.5, 0.6) is 17.2 Å². The van der Waals surface area contributed by atoms with Gasteiger partial charge < -0.3 is 18.9 Å². The molecule has 2 bridgehead atoms. The van der Waals surface area contributed by atoms with Crippen LogP contribution < -0.4 is 14.2 Å². The first kappa shape index (κ1) is 31.0. The number of carbonyl (C=O) groups is 5. The lowest BCUT2D eigenvalue weighted by Crippen LogP contribution is -2.72. The predicted molar refractivity (Wildman–Crippen MR) is 169 cm³/mol. The zero-order valence-electron chi connectivity index (χ0n) is 27.5. The van der Waals surface area contributed by atoms with Gasteiger partial charge in [-0.2, -0.15) is 5.26 Å². The zero-order valence-corrected chi connectivity index (χ0v) is 27.5. The number of allylic oxidation sites excluding steroid dienone is 2. The molecule has 2 amide bonds. The Balaban J connectivity index is 1.37. The fourth-order valence-corrected chi connectivity index (χ4v) is 8.87. The van der Waals surface area contributed by atoms with Crippen LogP contribution in [0.4, 0.5) is 0 Å². The number of esters is 1. The molecule has 8 rings (SSSR count). The van der Waals surface area contributed by atoms with Gasteiger partial charge in [0.15, 0.2) is 23.0 Å². The lowest BCUT2D eigenvalue weighted by Gasteiger charge is -2.60. The number of benzene rings is 2. The average Bonchev–Trinajstić information content (AvgIpc) is 3.66. The first-order valence-corrected chi connectivity index (χ1v) is 16.0. The molecular weight excluding hydrogens is 632 g/mol. The minimum absolute atomic E-state index is 0.0249. The highest BCUT2D eigenvalue weighted by atomic mass is 16.7. The van der Waals surface area contributed by atoms with Crippen LogP contribution >= 0.6 is 0 Å². The molecule has 0 radical (unpaired) electrons. The predicted octanol–water partition coefficient (Wildman–Crippen LogP) is 2.56. The minimum atomic E-state index is -0.847. The monoisotopic (exact) mass is 664 g/mol. The van der Waals surface area contributed by atoms with Crippen molar-refractivity contribution in [3.05, 3.63) is 74.6 Å². The van der Waals surface area contributed by atoms with Gasteiger partial charge in [-0.1, -0.05) is 12.1 Å². The molecule has 0 N–H and O–H groups in total. The first-order chi connectivity index (χ1) is 23.5. The fraction of sp³-hybridized carbons (Fsp3) is 0.389. The number of hydrogen-bond acceptors (Lipinski definition) is 12. The van der Waals surface area contributed by atoms with Gasteiger partial charge >= 0.3 is 5.97 Å². The molecule has 1 saturated heterocycles. The van der Waals surface area contributed by atoms with Crippen molar-refractivity contribution in [3.8, 4) is 23.3 Å². The quantitative estimate of drug-likeness (QED) is 0.204. The summed E-state index contributed by atoms with van der Waals surface area (Å²) in [6.45, 7) is 4.33. The lowest BCUT2D eigenvalue weighted by atomic mass is 9.68. The van der Waals surface area contributed by atoms with Gasteiger partial charge in [0.25, 0.3) is 11.8 Å². The van der Waals surface area contributed by atoms with Crippen LogP contribution in [0, 0.1) is 18.3 Å². The summed E-state index contributed by atoms with van der Waals surface area (Å²) in [6, 6.07) is 5.51. The minimum Gasteiger partial charge on any atom is -0.492 e. The van der Waals surface area contributed by atoms with Gasteiger partial charge in [-0.25, -0.2) is 0 Å². The summed E-state index contributed by atoms with van der Waals surface area (Å²) in [5.41, 5.74) is 3.07. The van der Waals surface area contributed by atoms with Crippen molar-refractivity contribution in [2.24, 2.45) is 0 Å². The highest BCUT2D eigenvalue weighted by molar-refractivity contribution is 6.25. The fourth-order valence-electron chi connectivity index (χ4n) is 8.87. The van der Waals surface area contributed by atoms with Crippen LogP contribution in [0.2, 0.25) is 0 Å². The Morgan fingerprint density at radius 2 is 1.67 bits per heavy atom. The summed E-state index contributed by atoms with van der Waals surface area (Å²) < 4.78 is 23.3. The zero-order chi connectivity index (χ0) is 34.6. The highest BCUT2D eigenvalue weighted by Crippen LogP contribution is 2.56. The number of rotatable bonds is 4. The number of likely N-dealkylation sites (N-methyl/N-ethyl adjacent to an activating group) is 1. The second kappa shape index (κ2) is 10.8. The Bertz CT molecular complexity index is 2020. The van der Waals surface area contributed by atoms with Crippen molar-refractivity contribution in [3.63, 3.8) is 0 Å². The largest absolute Gasteiger partial charge is 0.492 e. The number of nitrogens with zero attached hydrogens (tertiary/aromatic N) is 4. The van der Waals surface area contributed by atoms with E-state index in [2.05, 4.69) is 6.07 Å². The van der Waals surface area contributed by atoms with Gasteiger partial charge in [0.2, 0.25) is 12.6 Å². The second-order valence-corrected chi connectivity index (χ2v) is 13.2. The molecule has 13 nitrogen and oxygen atoms in total. The normalized spacial score (nSPS) is 27.1. The number of amides is 2. The maximum Gasteiger partial charge on any atom is 0.308 e. The highest BCUT2D eigenvalue weighted by Gasteiger charge is 2.59. The number of imide groups is 1. The Morgan fingerprint density at radius 1 is 1.00 bits per heavy atom. The molecule has 1 aliphatic carbocycles. The van der Waals surface area contributed by atoms with E-state index in [1.165, 1.54) is 18.9 Å². The Kier molecular flexibility index (Phi) is 6.86. The van der Waals surface area contributed by atoms with E-state index in [4.69, 9.17) is 18.9 Å². The molecule has 0 aromatic heterocycles. The number of Topliss-reactive ketones (excluding diaryl/α,β-unsaturated/α-hetero) is 2. The molecule has 0 saturated carbocycles. The van der Waals surface area contributed by atoms with Crippen molar-refractivity contribution in [2.45, 2.75) is 63.8 Å². The standard InChI is InChI=1S/C36H32N4O9/c1-15-29(42)20-10-22-24(12-37)40-23(28(38(22)4)27(20)30(43)32(15)46-5)11-21-26(34-33(47-14-48-34)16(2)31(21)49-17(3)41)25(40)13-39-35(44)18-8-6-7-9-19(18)36(39)45/h6-9,22-25,28H,10-11,13-14H2,1-5H3/t22?,23-,24-,25-,28-/m0/s1. The summed E-state index contributed by atoms with van der Waals surface area (Å²) in [5, 5.41) is 10.9. The van der Waals surface area contributed by atoms with Crippen molar-refractivity contribution in [2.75, 3.05) is 27.5 Å².